The number of likely N-dealkylation sites (N-methyl/N-ethyl adjacent to an activating group) is 1. The number of likely N-dealkylation sites (tertiary alicyclic amines) is 1. The molecule has 1 aliphatic heterocycles. The van der Waals surface area contributed by atoms with Crippen LogP contribution >= 0.6 is 11.3 Å². The number of nitrogens with zero attached hydrogens (tertiary/aromatic N) is 1. The molecule has 4 nitrogen and oxygen atoms in total. The lowest BCUT2D eigenvalue weighted by Crippen LogP contribution is -2.40. The number of rotatable bonds is 5. The lowest BCUT2D eigenvalue weighted by molar-refractivity contribution is 0.0738. The summed E-state index contributed by atoms with van der Waals surface area (Å²) in [4.78, 5) is 15.6. The van der Waals surface area contributed by atoms with E-state index in [9.17, 15) is 9.18 Å². The fourth-order valence-electron chi connectivity index (χ4n) is 3.30. The molecule has 124 valence electrons. The normalized spacial score (nSPS) is 18.0. The van der Waals surface area contributed by atoms with E-state index in [1.807, 2.05) is 18.0 Å². The predicted molar refractivity (Wildman–Crippen MR) is 90.5 cm³/mol. The molecular weight excluding hydrogens is 315 g/mol. The van der Waals surface area contributed by atoms with Crippen LogP contribution in [0, 0.1) is 5.82 Å². The third-order valence-electron chi connectivity index (χ3n) is 4.32. The van der Waals surface area contributed by atoms with Crippen LogP contribution in [0.3, 0.4) is 0 Å². The highest BCUT2D eigenvalue weighted by molar-refractivity contribution is 7.21. The van der Waals surface area contributed by atoms with Gasteiger partial charge in [0.25, 0.3) is 5.91 Å². The summed E-state index contributed by atoms with van der Waals surface area (Å²) in [5.74, 6) is -0.298. The number of methoxy groups -OCH3 is 1. The number of amides is 1. The maximum atomic E-state index is 14.2. The molecule has 1 fully saturated rings. The Morgan fingerprint density at radius 3 is 3.09 bits per heavy atom. The van der Waals surface area contributed by atoms with Gasteiger partial charge in [-0.25, -0.2) is 4.39 Å². The molecule has 1 atom stereocenters. The number of hydrogen-bond donors (Lipinski definition) is 1. The van der Waals surface area contributed by atoms with Crippen LogP contribution in [0.2, 0.25) is 0 Å². The highest BCUT2D eigenvalue weighted by Crippen LogP contribution is 2.35. The van der Waals surface area contributed by atoms with Gasteiger partial charge in [-0.05, 0) is 32.0 Å². The molecule has 1 aromatic heterocycles. The lowest BCUT2D eigenvalue weighted by Gasteiger charge is -2.24. The van der Waals surface area contributed by atoms with Gasteiger partial charge >= 0.3 is 0 Å². The van der Waals surface area contributed by atoms with Gasteiger partial charge in [-0.1, -0.05) is 6.07 Å². The van der Waals surface area contributed by atoms with Crippen molar-refractivity contribution < 1.29 is 13.9 Å². The number of nitrogens with one attached hydrogen (secondary N) is 1. The first-order valence-electron chi connectivity index (χ1n) is 7.81. The number of halogens is 1. The summed E-state index contributed by atoms with van der Waals surface area (Å²) in [7, 11) is 3.46. The summed E-state index contributed by atoms with van der Waals surface area (Å²) >= 11 is 1.36. The van der Waals surface area contributed by atoms with Crippen LogP contribution in [0.5, 0.6) is 0 Å². The third kappa shape index (κ3) is 2.98. The summed E-state index contributed by atoms with van der Waals surface area (Å²) in [6.07, 6.45) is 2.02. The van der Waals surface area contributed by atoms with Crippen molar-refractivity contribution in [3.8, 4) is 0 Å². The number of benzene rings is 1. The molecular formula is C17H21FN2O2S. The predicted octanol–water partition coefficient (Wildman–Crippen LogP) is 3.01. The Hall–Kier alpha value is -1.50. The standard InChI is InChI=1S/C17H21FN2O2S/c1-19-9-11-5-4-8-20(11)17(21)16-12(10-22-2)15-13(18)6-3-7-14(15)23-16/h3,6-7,11,19H,4-5,8-10H2,1-2H3. The molecule has 1 saturated heterocycles. The maximum Gasteiger partial charge on any atom is 0.264 e. The van der Waals surface area contributed by atoms with Crippen molar-refractivity contribution in [2.24, 2.45) is 0 Å². The van der Waals surface area contributed by atoms with Crippen molar-refractivity contribution >= 4 is 27.3 Å². The molecule has 0 saturated carbocycles. The van der Waals surface area contributed by atoms with Crippen LogP contribution in [0.1, 0.15) is 28.1 Å². The highest BCUT2D eigenvalue weighted by atomic mass is 32.1. The summed E-state index contributed by atoms with van der Waals surface area (Å²) < 4.78 is 20.3. The Morgan fingerprint density at radius 1 is 1.52 bits per heavy atom. The van der Waals surface area contributed by atoms with E-state index in [4.69, 9.17) is 4.74 Å². The Morgan fingerprint density at radius 2 is 2.35 bits per heavy atom. The summed E-state index contributed by atoms with van der Waals surface area (Å²) in [6.45, 7) is 1.78. The number of fused-ring (bicyclic) bond motifs is 1. The molecule has 2 aromatic rings. The number of ether oxygens (including phenoxy) is 1. The number of carbonyl (C=O) groups is 1. The first-order valence-corrected chi connectivity index (χ1v) is 8.63. The Bertz CT molecular complexity index is 716. The van der Waals surface area contributed by atoms with Crippen LogP contribution in [-0.2, 0) is 11.3 Å². The molecule has 6 heteroatoms. The van der Waals surface area contributed by atoms with Gasteiger partial charge in [-0.3, -0.25) is 4.79 Å². The molecule has 1 N–H and O–H groups in total. The average molecular weight is 336 g/mol. The molecule has 23 heavy (non-hydrogen) atoms. The minimum atomic E-state index is -0.293. The molecule has 0 bridgehead atoms. The van der Waals surface area contributed by atoms with E-state index < -0.39 is 0 Å². The van der Waals surface area contributed by atoms with Gasteiger partial charge in [0.05, 0.1) is 11.5 Å². The van der Waals surface area contributed by atoms with Gasteiger partial charge < -0.3 is 15.0 Å². The van der Waals surface area contributed by atoms with Crippen molar-refractivity contribution in [1.29, 1.82) is 0 Å². The van der Waals surface area contributed by atoms with Crippen LogP contribution in [0.15, 0.2) is 18.2 Å². The molecule has 3 rings (SSSR count). The monoisotopic (exact) mass is 336 g/mol. The maximum absolute atomic E-state index is 14.2. The van der Waals surface area contributed by atoms with E-state index in [1.165, 1.54) is 17.4 Å². The molecule has 1 unspecified atom stereocenters. The van der Waals surface area contributed by atoms with Crippen molar-refractivity contribution in [1.82, 2.24) is 10.2 Å². The average Bonchev–Trinajstić information content (AvgIpc) is 3.13. The van der Waals surface area contributed by atoms with E-state index in [1.54, 1.807) is 13.2 Å². The van der Waals surface area contributed by atoms with Gasteiger partial charge in [-0.2, -0.15) is 0 Å². The quantitative estimate of drug-likeness (QED) is 0.913. The topological polar surface area (TPSA) is 41.6 Å². The molecule has 2 heterocycles. The molecule has 1 aliphatic rings. The van der Waals surface area contributed by atoms with Crippen molar-refractivity contribution in [2.45, 2.75) is 25.5 Å². The minimum Gasteiger partial charge on any atom is -0.380 e. The van der Waals surface area contributed by atoms with Crippen LogP contribution in [-0.4, -0.2) is 44.1 Å². The molecule has 0 spiro atoms. The van der Waals surface area contributed by atoms with E-state index in [0.29, 0.717) is 15.8 Å². The van der Waals surface area contributed by atoms with Gasteiger partial charge in [0, 0.05) is 41.9 Å². The van der Waals surface area contributed by atoms with Crippen molar-refractivity contribution in [2.75, 3.05) is 27.2 Å². The van der Waals surface area contributed by atoms with E-state index in [-0.39, 0.29) is 24.4 Å². The van der Waals surface area contributed by atoms with Crippen molar-refractivity contribution in [3.05, 3.63) is 34.5 Å². The fraction of sp³-hybridized carbons (Fsp3) is 0.471. The first kappa shape index (κ1) is 16.4. The largest absolute Gasteiger partial charge is 0.380 e. The zero-order chi connectivity index (χ0) is 16.4. The number of hydrogen-bond acceptors (Lipinski definition) is 4. The Labute approximate surface area is 139 Å². The third-order valence-corrected chi connectivity index (χ3v) is 5.51. The van der Waals surface area contributed by atoms with E-state index in [2.05, 4.69) is 5.32 Å². The molecule has 0 aliphatic carbocycles. The van der Waals surface area contributed by atoms with Crippen LogP contribution in [0.25, 0.3) is 10.1 Å². The Balaban J connectivity index is 2.03. The van der Waals surface area contributed by atoms with Gasteiger partial charge in [0.15, 0.2) is 0 Å². The Kier molecular flexibility index (Phi) is 4.94. The van der Waals surface area contributed by atoms with Crippen LogP contribution in [0.4, 0.5) is 4.39 Å². The minimum absolute atomic E-state index is 0.00426. The van der Waals surface area contributed by atoms with Gasteiger partial charge in [0.2, 0.25) is 0 Å². The molecule has 1 amide bonds. The first-order chi connectivity index (χ1) is 11.2. The van der Waals surface area contributed by atoms with Gasteiger partial charge in [-0.15, -0.1) is 11.3 Å². The number of carbonyl (C=O) groups excluding carboxylic acids is 1. The van der Waals surface area contributed by atoms with E-state index >= 15 is 0 Å². The second kappa shape index (κ2) is 6.95. The zero-order valence-electron chi connectivity index (χ0n) is 13.4. The van der Waals surface area contributed by atoms with E-state index in [0.717, 1.165) is 30.6 Å². The second-order valence-corrected chi connectivity index (χ2v) is 6.86. The summed E-state index contributed by atoms with van der Waals surface area (Å²) in [5, 5.41) is 3.67. The zero-order valence-corrected chi connectivity index (χ0v) is 14.2. The highest BCUT2D eigenvalue weighted by Gasteiger charge is 2.32. The van der Waals surface area contributed by atoms with Crippen LogP contribution < -0.4 is 5.32 Å². The molecule has 1 aromatic carbocycles. The molecule has 0 radical (unpaired) electrons. The van der Waals surface area contributed by atoms with Crippen molar-refractivity contribution in [3.63, 3.8) is 0 Å². The smallest absolute Gasteiger partial charge is 0.264 e. The SMILES string of the molecule is CNCC1CCCN1C(=O)c1sc2cccc(F)c2c1COC. The lowest BCUT2D eigenvalue weighted by atomic mass is 10.1. The second-order valence-electron chi connectivity index (χ2n) is 5.81. The number of thiophene rings is 1. The summed E-state index contributed by atoms with van der Waals surface area (Å²) in [5.41, 5.74) is 0.672. The summed E-state index contributed by atoms with van der Waals surface area (Å²) in [6, 6.07) is 5.17. The fourth-order valence-corrected chi connectivity index (χ4v) is 4.48. The van der Waals surface area contributed by atoms with Gasteiger partial charge in [0.1, 0.15) is 5.82 Å².